The first-order valence-electron chi connectivity index (χ1n) is 13.3. The first kappa shape index (κ1) is 21.8. The molecule has 4 nitrogen and oxygen atoms in total. The molecule has 2 saturated heterocycles. The maximum atomic E-state index is 13.9. The Hall–Kier alpha value is -0.710. The molecule has 6 aliphatic rings. The molecule has 4 aliphatic carbocycles. The van der Waals surface area contributed by atoms with Gasteiger partial charge in [-0.2, -0.15) is 0 Å². The van der Waals surface area contributed by atoms with Crippen LogP contribution in [0.15, 0.2) is 12.2 Å². The van der Waals surface area contributed by atoms with Crippen molar-refractivity contribution in [2.24, 2.45) is 52.3 Å². The number of rotatable bonds is 0. The molecule has 0 bridgehead atoms. The zero-order valence-electron chi connectivity index (χ0n) is 20.6. The van der Waals surface area contributed by atoms with Gasteiger partial charge >= 0.3 is 0 Å². The number of carbonyl (C=O) groups excluding carboxylic acids is 1. The van der Waals surface area contributed by atoms with Crippen LogP contribution in [0.4, 0.5) is 0 Å². The predicted molar refractivity (Wildman–Crippen MR) is 123 cm³/mol. The molecule has 0 aromatic heterocycles. The summed E-state index contributed by atoms with van der Waals surface area (Å²) in [6.45, 7) is 12.0. The van der Waals surface area contributed by atoms with Gasteiger partial charge in [-0.05, 0) is 79.4 Å². The summed E-state index contributed by atoms with van der Waals surface area (Å²) in [5.74, 6) is 2.91. The van der Waals surface area contributed by atoms with E-state index in [1.165, 1.54) is 6.42 Å². The van der Waals surface area contributed by atoms with Crippen LogP contribution < -0.4 is 0 Å². The third kappa shape index (κ3) is 2.75. The minimum absolute atomic E-state index is 0.0192. The average Bonchev–Trinajstić information content (AvgIpc) is 3.15. The molecule has 0 aromatic rings. The van der Waals surface area contributed by atoms with Crippen LogP contribution in [0.2, 0.25) is 0 Å². The molecule has 4 heteroatoms. The molecule has 3 saturated carbocycles. The number of ether oxygens (including phenoxy) is 2. The van der Waals surface area contributed by atoms with Gasteiger partial charge in [-0.3, -0.25) is 4.79 Å². The van der Waals surface area contributed by atoms with Crippen LogP contribution in [-0.2, 0) is 14.3 Å². The van der Waals surface area contributed by atoms with E-state index in [1.54, 1.807) is 0 Å². The van der Waals surface area contributed by atoms with Gasteiger partial charge < -0.3 is 14.6 Å². The fraction of sp³-hybridized carbons (Fsp3) is 0.893. The average molecular weight is 443 g/mol. The van der Waals surface area contributed by atoms with Crippen molar-refractivity contribution < 1.29 is 19.4 Å². The number of ketones is 1. The highest BCUT2D eigenvalue weighted by molar-refractivity contribution is 5.84. The van der Waals surface area contributed by atoms with Gasteiger partial charge in [0.25, 0.3) is 0 Å². The number of aliphatic hydroxyl groups is 1. The molecule has 12 atom stereocenters. The third-order valence-electron chi connectivity index (χ3n) is 11.4. The number of fused-ring (bicyclic) bond motifs is 7. The van der Waals surface area contributed by atoms with Crippen LogP contribution in [0.1, 0.15) is 79.6 Å². The van der Waals surface area contributed by atoms with Crippen LogP contribution in [-0.4, -0.2) is 35.0 Å². The SMILES string of the molecule is C[C@@H]1CC[C@@]2(OC1)O[C@H]1C[C@H]3[C@@H]4CC[C@H]5C[C@@](C)(O)C=C[C@]5(C)[C@H]4C(=O)C[C@]3(C)[C@H]1[C@@H]2C. The monoisotopic (exact) mass is 442 g/mol. The number of Topliss-reactive ketones (excluding diaryl/α,β-unsaturated/α-hetero) is 1. The van der Waals surface area contributed by atoms with E-state index in [0.29, 0.717) is 47.7 Å². The number of hydrogen-bond acceptors (Lipinski definition) is 4. The quantitative estimate of drug-likeness (QED) is 0.528. The first-order chi connectivity index (χ1) is 15.0. The van der Waals surface area contributed by atoms with E-state index in [-0.39, 0.29) is 22.9 Å². The molecule has 2 aliphatic heterocycles. The van der Waals surface area contributed by atoms with Gasteiger partial charge in [0.2, 0.25) is 0 Å². The molecule has 1 N–H and O–H groups in total. The molecular weight excluding hydrogens is 400 g/mol. The summed E-state index contributed by atoms with van der Waals surface area (Å²) in [7, 11) is 0. The van der Waals surface area contributed by atoms with Crippen molar-refractivity contribution in [1.29, 1.82) is 0 Å². The second-order valence-electron chi connectivity index (χ2n) is 13.4. The normalized spacial score (nSPS) is 61.2. The Bertz CT molecular complexity index is 838. The minimum atomic E-state index is -0.733. The Morgan fingerprint density at radius 3 is 2.59 bits per heavy atom. The predicted octanol–water partition coefficient (Wildman–Crippen LogP) is 5.14. The second-order valence-corrected chi connectivity index (χ2v) is 13.4. The number of hydrogen-bond donors (Lipinski definition) is 1. The zero-order valence-corrected chi connectivity index (χ0v) is 20.6. The number of carbonyl (C=O) groups is 1. The van der Waals surface area contributed by atoms with Crippen LogP contribution in [0.3, 0.4) is 0 Å². The van der Waals surface area contributed by atoms with E-state index in [2.05, 4.69) is 33.8 Å². The van der Waals surface area contributed by atoms with Gasteiger partial charge in [-0.1, -0.05) is 39.8 Å². The lowest BCUT2D eigenvalue weighted by molar-refractivity contribution is -0.272. The van der Waals surface area contributed by atoms with E-state index in [4.69, 9.17) is 9.47 Å². The van der Waals surface area contributed by atoms with Crippen molar-refractivity contribution in [3.05, 3.63) is 12.2 Å². The Balaban J connectivity index is 1.31. The fourth-order valence-corrected chi connectivity index (χ4v) is 9.82. The van der Waals surface area contributed by atoms with Crippen molar-refractivity contribution in [1.82, 2.24) is 0 Å². The molecule has 6 rings (SSSR count). The van der Waals surface area contributed by atoms with E-state index in [0.717, 1.165) is 38.7 Å². The first-order valence-corrected chi connectivity index (χ1v) is 13.3. The molecule has 2 heterocycles. The van der Waals surface area contributed by atoms with Crippen LogP contribution in [0.5, 0.6) is 0 Å². The van der Waals surface area contributed by atoms with Crippen molar-refractivity contribution in [3.63, 3.8) is 0 Å². The minimum Gasteiger partial charge on any atom is -0.386 e. The summed E-state index contributed by atoms with van der Waals surface area (Å²) in [6, 6.07) is 0. The zero-order chi connectivity index (χ0) is 22.7. The van der Waals surface area contributed by atoms with Gasteiger partial charge in [0.15, 0.2) is 5.79 Å². The third-order valence-corrected chi connectivity index (χ3v) is 11.4. The van der Waals surface area contributed by atoms with Crippen molar-refractivity contribution >= 4 is 5.78 Å². The van der Waals surface area contributed by atoms with Crippen molar-refractivity contribution in [3.8, 4) is 0 Å². The lowest BCUT2D eigenvalue weighted by Crippen LogP contribution is -2.58. The Labute approximate surface area is 193 Å². The van der Waals surface area contributed by atoms with Crippen molar-refractivity contribution in [2.75, 3.05) is 6.61 Å². The van der Waals surface area contributed by atoms with Gasteiger partial charge in [-0.25, -0.2) is 0 Å². The summed E-state index contributed by atoms with van der Waals surface area (Å²) in [6.07, 6.45) is 11.4. The van der Waals surface area contributed by atoms with Gasteiger partial charge in [0.1, 0.15) is 5.78 Å². The Morgan fingerprint density at radius 1 is 1.09 bits per heavy atom. The van der Waals surface area contributed by atoms with Crippen molar-refractivity contribution in [2.45, 2.75) is 97.1 Å². The Morgan fingerprint density at radius 2 is 1.88 bits per heavy atom. The molecule has 0 radical (unpaired) electrons. The summed E-state index contributed by atoms with van der Waals surface area (Å²) < 4.78 is 13.2. The molecular formula is C28H42O4. The van der Waals surface area contributed by atoms with E-state index in [1.807, 2.05) is 13.0 Å². The largest absolute Gasteiger partial charge is 0.386 e. The topological polar surface area (TPSA) is 55.8 Å². The molecule has 5 fully saturated rings. The maximum absolute atomic E-state index is 13.9. The molecule has 32 heavy (non-hydrogen) atoms. The lowest BCUT2D eigenvalue weighted by atomic mass is 9.44. The van der Waals surface area contributed by atoms with Gasteiger partial charge in [0, 0.05) is 24.7 Å². The van der Waals surface area contributed by atoms with E-state index >= 15 is 0 Å². The van der Waals surface area contributed by atoms with E-state index in [9.17, 15) is 9.90 Å². The lowest BCUT2D eigenvalue weighted by Gasteiger charge is -2.59. The molecule has 178 valence electrons. The van der Waals surface area contributed by atoms with Gasteiger partial charge in [-0.15, -0.1) is 0 Å². The maximum Gasteiger partial charge on any atom is 0.171 e. The molecule has 1 spiro atoms. The highest BCUT2D eigenvalue weighted by Gasteiger charge is 2.70. The summed E-state index contributed by atoms with van der Waals surface area (Å²) in [5.41, 5.74) is -0.828. The number of allylic oxidation sites excluding steroid dienone is 1. The fourth-order valence-electron chi connectivity index (χ4n) is 9.82. The second kappa shape index (κ2) is 6.70. The van der Waals surface area contributed by atoms with Gasteiger partial charge in [0.05, 0.1) is 18.3 Å². The highest BCUT2D eigenvalue weighted by Crippen LogP contribution is 2.70. The van der Waals surface area contributed by atoms with Crippen LogP contribution in [0, 0.1) is 52.3 Å². The highest BCUT2D eigenvalue weighted by atomic mass is 16.7. The Kier molecular flexibility index (Phi) is 4.56. The summed E-state index contributed by atoms with van der Waals surface area (Å²) >= 11 is 0. The smallest absolute Gasteiger partial charge is 0.171 e. The molecule has 0 amide bonds. The van der Waals surface area contributed by atoms with Crippen LogP contribution >= 0.6 is 0 Å². The summed E-state index contributed by atoms with van der Waals surface area (Å²) in [4.78, 5) is 13.9. The molecule has 0 aromatic carbocycles. The molecule has 0 unspecified atom stereocenters. The van der Waals surface area contributed by atoms with E-state index < -0.39 is 11.4 Å². The standard InChI is InChI=1S/C28H42O4/c1-16-8-9-28(31-15-16)17(2)23-22(32-28)12-20-19-7-6-18-13-25(3,30)10-11-26(18,4)24(19)21(29)14-27(20,23)5/h10-11,16-20,22-24,30H,6-9,12-15H2,1-5H3/t16-,17+,18+,19+,20+,22+,23+,24-,25+,26+,27+,28-/m1/s1. The summed E-state index contributed by atoms with van der Waals surface area (Å²) in [5, 5.41) is 10.7. The van der Waals surface area contributed by atoms with Crippen LogP contribution in [0.25, 0.3) is 0 Å².